The van der Waals surface area contributed by atoms with Gasteiger partial charge >= 0.3 is 0 Å². The second-order valence-corrected chi connectivity index (χ2v) is 4.33. The maximum absolute atomic E-state index is 12.3. The number of hydrogen-bond acceptors (Lipinski definition) is 2. The molecule has 3 heteroatoms. The highest BCUT2D eigenvalue weighted by Crippen LogP contribution is 2.39. The van der Waals surface area contributed by atoms with Gasteiger partial charge in [0.25, 0.3) is 0 Å². The second kappa shape index (κ2) is 6.44. The molecule has 2 aliphatic rings. The summed E-state index contributed by atoms with van der Waals surface area (Å²) in [5.74, 6) is 0.804. The molecule has 3 unspecified atom stereocenters. The monoisotopic (exact) mass is 217 g/mol. The minimum atomic E-state index is -0.280. The van der Waals surface area contributed by atoms with Gasteiger partial charge in [-0.1, -0.05) is 13.8 Å². The van der Waals surface area contributed by atoms with Crippen molar-refractivity contribution in [3.63, 3.8) is 0 Å². The molecule has 0 aromatic carbocycles. The Morgan fingerprint density at radius 3 is 2.60 bits per heavy atom. The third-order valence-corrected chi connectivity index (χ3v) is 3.61. The molecule has 1 N–H and O–H groups in total. The summed E-state index contributed by atoms with van der Waals surface area (Å²) < 4.78 is 12.3. The average Bonchev–Trinajstić information content (AvgIpc) is 2.68. The van der Waals surface area contributed by atoms with E-state index in [-0.39, 0.29) is 19.3 Å². The van der Waals surface area contributed by atoms with Gasteiger partial charge in [-0.15, -0.1) is 0 Å². The third-order valence-electron chi connectivity index (χ3n) is 3.61. The zero-order valence-corrected chi connectivity index (χ0v) is 9.95. The van der Waals surface area contributed by atoms with Gasteiger partial charge in [-0.25, -0.2) is 4.39 Å². The highest BCUT2D eigenvalue weighted by molar-refractivity contribution is 4.93. The zero-order chi connectivity index (χ0) is 11.3. The zero-order valence-electron chi connectivity index (χ0n) is 9.95. The van der Waals surface area contributed by atoms with Crippen molar-refractivity contribution in [2.75, 3.05) is 19.8 Å². The topological polar surface area (TPSA) is 23.5 Å². The van der Waals surface area contributed by atoms with Crippen LogP contribution in [0.4, 0.5) is 4.39 Å². The van der Waals surface area contributed by atoms with Gasteiger partial charge in [0, 0.05) is 18.6 Å². The van der Waals surface area contributed by atoms with Crippen LogP contribution in [0.3, 0.4) is 0 Å². The van der Waals surface area contributed by atoms with Gasteiger partial charge < -0.3 is 5.11 Å². The molecule has 1 aliphatic carbocycles. The number of rotatable bonds is 3. The fraction of sp³-hybridized carbons (Fsp3) is 1.00. The number of fused-ring (bicyclic) bond motifs is 2. The Labute approximate surface area is 92.5 Å². The van der Waals surface area contributed by atoms with Crippen LogP contribution in [0.2, 0.25) is 0 Å². The van der Waals surface area contributed by atoms with Crippen molar-refractivity contribution in [3.8, 4) is 0 Å². The lowest BCUT2D eigenvalue weighted by atomic mass is 9.93. The Bertz CT molecular complexity index is 177. The van der Waals surface area contributed by atoms with Crippen LogP contribution in [0.25, 0.3) is 0 Å². The number of hydrogen-bond donors (Lipinski definition) is 1. The van der Waals surface area contributed by atoms with Crippen LogP contribution in [-0.2, 0) is 0 Å². The first kappa shape index (κ1) is 12.9. The Kier molecular flexibility index (Phi) is 5.54. The fourth-order valence-corrected chi connectivity index (χ4v) is 3.02. The quantitative estimate of drug-likeness (QED) is 0.783. The van der Waals surface area contributed by atoms with E-state index in [0.29, 0.717) is 12.6 Å². The van der Waals surface area contributed by atoms with E-state index in [4.69, 9.17) is 0 Å². The highest BCUT2D eigenvalue weighted by Gasteiger charge is 2.39. The molecule has 1 aliphatic heterocycles. The number of aliphatic hydroxyl groups excluding tert-OH is 1. The number of alkyl halides is 1. The second-order valence-electron chi connectivity index (χ2n) is 4.33. The summed E-state index contributed by atoms with van der Waals surface area (Å²) in [6.07, 6.45) is 4.80. The van der Waals surface area contributed by atoms with E-state index in [1.807, 2.05) is 13.8 Å². The van der Waals surface area contributed by atoms with Gasteiger partial charge in [0.05, 0.1) is 6.61 Å². The summed E-state index contributed by atoms with van der Waals surface area (Å²) in [5, 5.41) is 9.19. The molecule has 2 nitrogen and oxygen atoms in total. The Morgan fingerprint density at radius 2 is 2.00 bits per heavy atom. The average molecular weight is 217 g/mol. The van der Waals surface area contributed by atoms with Crippen LogP contribution in [0.5, 0.6) is 0 Å². The molecule has 0 radical (unpaired) electrons. The lowest BCUT2D eigenvalue weighted by molar-refractivity contribution is 0.0429. The van der Waals surface area contributed by atoms with E-state index in [2.05, 4.69) is 4.90 Å². The van der Waals surface area contributed by atoms with Gasteiger partial charge in [-0.05, 0) is 31.6 Å². The minimum Gasteiger partial charge on any atom is -0.395 e. The molecular weight excluding hydrogens is 193 g/mol. The van der Waals surface area contributed by atoms with Crippen LogP contribution in [0.15, 0.2) is 0 Å². The number of nitrogens with zero attached hydrogens (tertiary/aromatic N) is 1. The molecule has 90 valence electrons. The number of aliphatic hydroxyl groups is 1. The van der Waals surface area contributed by atoms with Crippen molar-refractivity contribution in [3.05, 3.63) is 0 Å². The maximum atomic E-state index is 12.3. The van der Waals surface area contributed by atoms with Crippen molar-refractivity contribution >= 4 is 0 Å². The number of piperidine rings is 1. The van der Waals surface area contributed by atoms with Crippen molar-refractivity contribution in [1.82, 2.24) is 4.90 Å². The van der Waals surface area contributed by atoms with E-state index in [1.54, 1.807) is 0 Å². The van der Waals surface area contributed by atoms with E-state index < -0.39 is 0 Å². The predicted octanol–water partition coefficient (Wildman–Crippen LogP) is 2.22. The van der Waals surface area contributed by atoms with Crippen molar-refractivity contribution in [1.29, 1.82) is 0 Å². The van der Waals surface area contributed by atoms with Gasteiger partial charge in [-0.3, -0.25) is 4.90 Å². The Hall–Kier alpha value is -0.150. The maximum Gasteiger partial charge on any atom is 0.102 e. The largest absolute Gasteiger partial charge is 0.395 e. The molecule has 2 bridgehead atoms. The van der Waals surface area contributed by atoms with E-state index >= 15 is 0 Å². The van der Waals surface area contributed by atoms with Gasteiger partial charge in [0.1, 0.15) is 6.67 Å². The van der Waals surface area contributed by atoms with Gasteiger partial charge in [0.15, 0.2) is 0 Å². The minimum absolute atomic E-state index is 0.201. The Balaban J connectivity index is 0.000000531. The summed E-state index contributed by atoms with van der Waals surface area (Å²) in [4.78, 5) is 2.18. The fourth-order valence-electron chi connectivity index (χ4n) is 3.02. The lowest BCUT2D eigenvalue weighted by Crippen LogP contribution is -2.48. The van der Waals surface area contributed by atoms with Crippen LogP contribution < -0.4 is 0 Å². The molecule has 3 atom stereocenters. The molecule has 0 aromatic rings. The molecule has 2 rings (SSSR count). The van der Waals surface area contributed by atoms with Crippen molar-refractivity contribution in [2.45, 2.75) is 51.6 Å². The van der Waals surface area contributed by atoms with E-state index in [0.717, 1.165) is 12.3 Å². The summed E-state index contributed by atoms with van der Waals surface area (Å²) in [6.45, 7) is 4.44. The lowest BCUT2D eigenvalue weighted by Gasteiger charge is -2.39. The summed E-state index contributed by atoms with van der Waals surface area (Å²) in [5.41, 5.74) is 0. The standard InChI is InChI=1S/C10H18FNO.C2H6/c11-3-4-12-9-2-1-8(5-9)6-10(12)7-13;1-2/h8-10,13H,1-7H2;1-2H3. The van der Waals surface area contributed by atoms with Gasteiger partial charge in [-0.2, -0.15) is 0 Å². The summed E-state index contributed by atoms with van der Waals surface area (Å²) >= 11 is 0. The van der Waals surface area contributed by atoms with Crippen LogP contribution >= 0.6 is 0 Å². The molecule has 0 spiro atoms. The molecule has 0 amide bonds. The summed E-state index contributed by atoms with van der Waals surface area (Å²) in [6, 6.07) is 0.800. The number of likely N-dealkylation sites (tertiary alicyclic amines) is 1. The first-order chi connectivity index (χ1) is 7.35. The molecule has 1 heterocycles. The predicted molar refractivity (Wildman–Crippen MR) is 60.6 cm³/mol. The van der Waals surface area contributed by atoms with Crippen molar-refractivity contribution < 1.29 is 9.50 Å². The van der Waals surface area contributed by atoms with Crippen LogP contribution in [0, 0.1) is 5.92 Å². The molecule has 2 fully saturated rings. The van der Waals surface area contributed by atoms with Gasteiger partial charge in [0.2, 0.25) is 0 Å². The molecule has 15 heavy (non-hydrogen) atoms. The molecular formula is C12H24FNO. The smallest absolute Gasteiger partial charge is 0.102 e. The van der Waals surface area contributed by atoms with Crippen LogP contribution in [-0.4, -0.2) is 41.9 Å². The highest BCUT2D eigenvalue weighted by atomic mass is 19.1. The molecule has 1 saturated carbocycles. The summed E-state index contributed by atoms with van der Waals surface area (Å²) in [7, 11) is 0. The first-order valence-corrected chi connectivity index (χ1v) is 6.27. The molecule has 1 saturated heterocycles. The number of halogens is 1. The van der Waals surface area contributed by atoms with E-state index in [1.165, 1.54) is 19.3 Å². The molecule has 0 aromatic heterocycles. The SMILES string of the molecule is CC.OCC1CC2CCC(C2)N1CCF. The first-order valence-electron chi connectivity index (χ1n) is 6.27. The normalized spacial score (nSPS) is 34.8. The third kappa shape index (κ3) is 2.91. The Morgan fingerprint density at radius 1 is 1.27 bits per heavy atom. The van der Waals surface area contributed by atoms with E-state index in [9.17, 15) is 9.50 Å². The van der Waals surface area contributed by atoms with Crippen LogP contribution in [0.1, 0.15) is 39.5 Å². The van der Waals surface area contributed by atoms with Crippen molar-refractivity contribution in [2.24, 2.45) is 5.92 Å².